The minimum Gasteiger partial charge on any atom is -0.314 e. The van der Waals surface area contributed by atoms with Crippen molar-refractivity contribution in [1.29, 1.82) is 0 Å². The van der Waals surface area contributed by atoms with E-state index in [0.717, 1.165) is 31.0 Å². The number of hydrogen-bond acceptors (Lipinski definition) is 2. The zero-order valence-electron chi connectivity index (χ0n) is 11.6. The molecular formula is C13H24ClN3. The molecule has 0 aliphatic rings. The van der Waals surface area contributed by atoms with Crippen LogP contribution in [0.1, 0.15) is 52.7 Å². The Balaban J connectivity index is 2.87. The molecular weight excluding hydrogens is 234 g/mol. The molecule has 1 aromatic heterocycles. The van der Waals surface area contributed by atoms with E-state index in [1.54, 1.807) is 0 Å². The molecule has 0 N–H and O–H groups in total. The van der Waals surface area contributed by atoms with Gasteiger partial charge in [-0.3, -0.25) is 0 Å². The van der Waals surface area contributed by atoms with Crippen LogP contribution in [0.2, 0.25) is 0 Å². The van der Waals surface area contributed by atoms with E-state index in [0.29, 0.717) is 17.2 Å². The molecule has 0 spiro atoms. The van der Waals surface area contributed by atoms with Crippen molar-refractivity contribution in [2.45, 2.75) is 59.9 Å². The minimum absolute atomic E-state index is 0.296. The molecule has 0 aliphatic heterocycles. The summed E-state index contributed by atoms with van der Waals surface area (Å²) in [5.41, 5.74) is 0.296. The number of hydrogen-bond donors (Lipinski definition) is 0. The Labute approximate surface area is 110 Å². The molecule has 0 bridgehead atoms. The maximum atomic E-state index is 5.88. The van der Waals surface area contributed by atoms with Gasteiger partial charge < -0.3 is 4.57 Å². The summed E-state index contributed by atoms with van der Waals surface area (Å²) in [5, 5.41) is 8.46. The van der Waals surface area contributed by atoms with Gasteiger partial charge in [-0.25, -0.2) is 0 Å². The second kappa shape index (κ2) is 5.85. The molecule has 1 unspecified atom stereocenters. The molecule has 0 amide bonds. The quantitative estimate of drug-likeness (QED) is 0.754. The zero-order chi connectivity index (χ0) is 13.1. The molecule has 0 saturated carbocycles. The second-order valence-electron chi connectivity index (χ2n) is 5.79. The average Bonchev–Trinajstić information content (AvgIpc) is 2.60. The number of rotatable bonds is 5. The third-order valence-corrected chi connectivity index (χ3v) is 3.68. The van der Waals surface area contributed by atoms with Crippen molar-refractivity contribution < 1.29 is 0 Å². The van der Waals surface area contributed by atoms with E-state index in [1.807, 2.05) is 0 Å². The molecule has 1 rings (SSSR count). The lowest BCUT2D eigenvalue weighted by Crippen LogP contribution is -2.21. The van der Waals surface area contributed by atoms with Crippen LogP contribution in [-0.2, 0) is 18.8 Å². The minimum atomic E-state index is 0.296. The fourth-order valence-corrected chi connectivity index (χ4v) is 1.88. The molecule has 0 saturated heterocycles. The number of nitrogens with zero attached hydrogens (tertiary/aromatic N) is 3. The highest BCUT2D eigenvalue weighted by atomic mass is 35.5. The molecule has 98 valence electrons. The summed E-state index contributed by atoms with van der Waals surface area (Å²) in [4.78, 5) is 0. The van der Waals surface area contributed by atoms with Crippen molar-refractivity contribution in [3.05, 3.63) is 11.6 Å². The Morgan fingerprint density at radius 1 is 1.24 bits per heavy atom. The van der Waals surface area contributed by atoms with E-state index in [-0.39, 0.29) is 0 Å². The maximum Gasteiger partial charge on any atom is 0.147 e. The van der Waals surface area contributed by atoms with Crippen molar-refractivity contribution in [1.82, 2.24) is 14.8 Å². The van der Waals surface area contributed by atoms with E-state index in [4.69, 9.17) is 11.6 Å². The summed E-state index contributed by atoms with van der Waals surface area (Å²) in [5.74, 6) is 2.98. The van der Waals surface area contributed by atoms with E-state index >= 15 is 0 Å². The molecule has 1 atom stereocenters. The van der Waals surface area contributed by atoms with Crippen LogP contribution in [0, 0.1) is 11.3 Å². The Bertz CT molecular complexity index is 352. The molecule has 3 nitrogen and oxygen atoms in total. The van der Waals surface area contributed by atoms with Crippen LogP contribution in [0.4, 0.5) is 0 Å². The first-order valence-corrected chi connectivity index (χ1v) is 6.90. The van der Waals surface area contributed by atoms with Gasteiger partial charge in [0.2, 0.25) is 0 Å². The van der Waals surface area contributed by atoms with Crippen LogP contribution in [-0.4, -0.2) is 14.8 Å². The molecule has 17 heavy (non-hydrogen) atoms. The van der Waals surface area contributed by atoms with Gasteiger partial charge in [0.05, 0.1) is 5.88 Å². The van der Waals surface area contributed by atoms with Crippen LogP contribution in [0.5, 0.6) is 0 Å². The first-order chi connectivity index (χ1) is 7.90. The van der Waals surface area contributed by atoms with Gasteiger partial charge in [0, 0.05) is 13.0 Å². The Kier molecular flexibility index (Phi) is 4.99. The highest BCUT2D eigenvalue weighted by Crippen LogP contribution is 2.28. The normalized spacial score (nSPS) is 14.0. The van der Waals surface area contributed by atoms with Crippen molar-refractivity contribution in [3.63, 3.8) is 0 Å². The van der Waals surface area contributed by atoms with Crippen LogP contribution < -0.4 is 0 Å². The van der Waals surface area contributed by atoms with E-state index in [2.05, 4.69) is 49.4 Å². The van der Waals surface area contributed by atoms with Crippen LogP contribution in [0.15, 0.2) is 0 Å². The second-order valence-corrected chi connectivity index (χ2v) is 6.06. The number of alkyl halides is 1. The smallest absolute Gasteiger partial charge is 0.147 e. The summed E-state index contributed by atoms with van der Waals surface area (Å²) in [7, 11) is 0. The average molecular weight is 258 g/mol. The molecule has 1 heterocycles. The predicted molar refractivity (Wildman–Crippen MR) is 72.2 cm³/mol. The molecule has 0 aromatic carbocycles. The topological polar surface area (TPSA) is 30.7 Å². The summed E-state index contributed by atoms with van der Waals surface area (Å²) in [6.45, 7) is 12.2. The van der Waals surface area contributed by atoms with Crippen molar-refractivity contribution in [2.24, 2.45) is 11.3 Å². The Hall–Kier alpha value is -0.570. The lowest BCUT2D eigenvalue weighted by atomic mass is 9.80. The standard InChI is InChI=1S/C13H24ClN3/c1-6-7-17-11(15-16-12(17)9-14)8-10(2)13(3,4)5/h10H,6-9H2,1-5H3. The molecule has 1 aromatic rings. The van der Waals surface area contributed by atoms with Gasteiger partial charge >= 0.3 is 0 Å². The summed E-state index contributed by atoms with van der Waals surface area (Å²) < 4.78 is 2.18. The lowest BCUT2D eigenvalue weighted by Gasteiger charge is -2.27. The SMILES string of the molecule is CCCn1c(CCl)nnc1CC(C)C(C)(C)C. The van der Waals surface area contributed by atoms with Gasteiger partial charge in [-0.15, -0.1) is 21.8 Å². The molecule has 4 heteroatoms. The van der Waals surface area contributed by atoms with Gasteiger partial charge in [0.25, 0.3) is 0 Å². The third kappa shape index (κ3) is 3.70. The van der Waals surface area contributed by atoms with Crippen molar-refractivity contribution in [2.75, 3.05) is 0 Å². The van der Waals surface area contributed by atoms with E-state index in [9.17, 15) is 0 Å². The molecule has 0 aliphatic carbocycles. The van der Waals surface area contributed by atoms with Crippen molar-refractivity contribution in [3.8, 4) is 0 Å². The van der Waals surface area contributed by atoms with Crippen LogP contribution in [0.3, 0.4) is 0 Å². The highest BCUT2D eigenvalue weighted by molar-refractivity contribution is 6.16. The van der Waals surface area contributed by atoms with Gasteiger partial charge in [-0.1, -0.05) is 34.6 Å². The lowest BCUT2D eigenvalue weighted by molar-refractivity contribution is 0.254. The Morgan fingerprint density at radius 3 is 2.29 bits per heavy atom. The largest absolute Gasteiger partial charge is 0.314 e. The van der Waals surface area contributed by atoms with Crippen LogP contribution in [0.25, 0.3) is 0 Å². The van der Waals surface area contributed by atoms with Gasteiger partial charge in [0.15, 0.2) is 0 Å². The number of aromatic nitrogens is 3. The van der Waals surface area contributed by atoms with Gasteiger partial charge in [0.1, 0.15) is 11.6 Å². The maximum absolute atomic E-state index is 5.88. The first-order valence-electron chi connectivity index (χ1n) is 6.37. The fraction of sp³-hybridized carbons (Fsp3) is 0.846. The van der Waals surface area contributed by atoms with E-state index < -0.39 is 0 Å². The monoisotopic (exact) mass is 257 g/mol. The van der Waals surface area contributed by atoms with Crippen molar-refractivity contribution >= 4 is 11.6 Å². The highest BCUT2D eigenvalue weighted by Gasteiger charge is 2.23. The molecule has 0 radical (unpaired) electrons. The summed E-state index contributed by atoms with van der Waals surface area (Å²) in [6.07, 6.45) is 2.05. The number of halogens is 1. The van der Waals surface area contributed by atoms with Crippen LogP contribution >= 0.6 is 11.6 Å². The first kappa shape index (κ1) is 14.5. The van der Waals surface area contributed by atoms with Gasteiger partial charge in [-0.05, 0) is 17.8 Å². The molecule has 0 fully saturated rings. The summed E-state index contributed by atoms with van der Waals surface area (Å²) in [6, 6.07) is 0. The predicted octanol–water partition coefficient (Wildman–Crippen LogP) is 3.65. The van der Waals surface area contributed by atoms with Gasteiger partial charge in [-0.2, -0.15) is 0 Å². The summed E-state index contributed by atoms with van der Waals surface area (Å²) >= 11 is 5.88. The fourth-order valence-electron chi connectivity index (χ4n) is 1.68. The third-order valence-electron chi connectivity index (χ3n) is 3.44. The zero-order valence-corrected chi connectivity index (χ0v) is 12.4. The van der Waals surface area contributed by atoms with E-state index in [1.165, 1.54) is 0 Å². The Morgan fingerprint density at radius 2 is 1.82 bits per heavy atom.